The number of aliphatic carboxylic acids is 1. The van der Waals surface area contributed by atoms with Crippen LogP contribution in [0.15, 0.2) is 48.5 Å². The molecule has 2 amide bonds. The van der Waals surface area contributed by atoms with Crippen LogP contribution in [0.4, 0.5) is 4.79 Å². The Morgan fingerprint density at radius 1 is 1.03 bits per heavy atom. The zero-order chi connectivity index (χ0) is 23.4. The molecule has 2 aromatic rings. The van der Waals surface area contributed by atoms with Gasteiger partial charge in [0.05, 0.1) is 5.41 Å². The first kappa shape index (κ1) is 22.8. The van der Waals surface area contributed by atoms with E-state index in [9.17, 15) is 14.4 Å². The van der Waals surface area contributed by atoms with Gasteiger partial charge in [0.25, 0.3) is 0 Å². The van der Waals surface area contributed by atoms with Crippen molar-refractivity contribution in [3.05, 3.63) is 59.7 Å². The summed E-state index contributed by atoms with van der Waals surface area (Å²) in [4.78, 5) is 35.7. The molecule has 174 valence electrons. The third-order valence-corrected chi connectivity index (χ3v) is 6.70. The Labute approximate surface area is 193 Å². The molecular weight excluding hydrogens is 420 g/mol. The topological polar surface area (TPSA) is 105 Å². The third kappa shape index (κ3) is 5.18. The molecule has 1 fully saturated rings. The summed E-state index contributed by atoms with van der Waals surface area (Å²) in [5.74, 6) is -0.935. The van der Waals surface area contributed by atoms with Gasteiger partial charge in [0.1, 0.15) is 6.61 Å². The average molecular weight is 451 g/mol. The van der Waals surface area contributed by atoms with Crippen molar-refractivity contribution in [2.45, 2.75) is 38.5 Å². The molecule has 0 saturated heterocycles. The zero-order valence-electron chi connectivity index (χ0n) is 18.8. The van der Waals surface area contributed by atoms with E-state index in [2.05, 4.69) is 34.9 Å². The standard InChI is InChI=1S/C26H30N2O5/c1-17(14-23(29)30)10-13-27-24(31)26(11-12-26)16-28-25(32)33-15-22-20-8-4-2-6-18(20)19-7-3-5-9-21(19)22/h2-9,17,22H,10-16H2,1H3,(H,27,31)(H,28,32)(H,29,30). The summed E-state index contributed by atoms with van der Waals surface area (Å²) in [6.45, 7) is 2.76. The number of rotatable bonds is 10. The van der Waals surface area contributed by atoms with E-state index in [0.29, 0.717) is 25.8 Å². The van der Waals surface area contributed by atoms with Gasteiger partial charge in [-0.25, -0.2) is 4.79 Å². The van der Waals surface area contributed by atoms with E-state index >= 15 is 0 Å². The van der Waals surface area contributed by atoms with Crippen molar-refractivity contribution in [2.75, 3.05) is 19.7 Å². The maximum Gasteiger partial charge on any atom is 0.407 e. The van der Waals surface area contributed by atoms with Crippen molar-refractivity contribution in [2.24, 2.45) is 11.3 Å². The van der Waals surface area contributed by atoms with Crippen LogP contribution in [-0.4, -0.2) is 42.8 Å². The minimum atomic E-state index is -0.834. The highest BCUT2D eigenvalue weighted by Crippen LogP contribution is 2.46. The van der Waals surface area contributed by atoms with Crippen LogP contribution < -0.4 is 10.6 Å². The lowest BCUT2D eigenvalue weighted by atomic mass is 9.98. The quantitative estimate of drug-likeness (QED) is 0.509. The highest BCUT2D eigenvalue weighted by Gasteiger charge is 2.49. The lowest BCUT2D eigenvalue weighted by Crippen LogP contribution is -2.41. The molecule has 1 unspecified atom stereocenters. The number of amides is 2. The largest absolute Gasteiger partial charge is 0.481 e. The molecule has 7 nitrogen and oxygen atoms in total. The number of carboxylic acid groups (broad SMARTS) is 1. The molecular formula is C26H30N2O5. The van der Waals surface area contributed by atoms with Gasteiger partial charge in [0.15, 0.2) is 0 Å². The summed E-state index contributed by atoms with van der Waals surface area (Å²) in [6, 6.07) is 16.3. The molecule has 0 spiro atoms. The first-order valence-corrected chi connectivity index (χ1v) is 11.5. The number of alkyl carbamates (subject to hydrolysis) is 1. The highest BCUT2D eigenvalue weighted by molar-refractivity contribution is 5.86. The van der Waals surface area contributed by atoms with Crippen LogP contribution in [0.5, 0.6) is 0 Å². The predicted octanol–water partition coefficient (Wildman–Crippen LogP) is 3.92. The molecule has 0 bridgehead atoms. The van der Waals surface area contributed by atoms with Gasteiger partial charge < -0.3 is 20.5 Å². The normalized spacial score (nSPS) is 16.3. The summed E-state index contributed by atoms with van der Waals surface area (Å²) in [5, 5.41) is 14.5. The van der Waals surface area contributed by atoms with Gasteiger partial charge in [-0.2, -0.15) is 0 Å². The van der Waals surface area contributed by atoms with Crippen molar-refractivity contribution in [3.8, 4) is 11.1 Å². The minimum absolute atomic E-state index is 0.00287. The molecule has 0 radical (unpaired) electrons. The van der Waals surface area contributed by atoms with E-state index in [4.69, 9.17) is 9.84 Å². The maximum atomic E-state index is 12.6. The van der Waals surface area contributed by atoms with Crippen LogP contribution in [0.2, 0.25) is 0 Å². The smallest absolute Gasteiger partial charge is 0.407 e. The Hall–Kier alpha value is -3.35. The summed E-state index contributed by atoms with van der Waals surface area (Å²) in [6.07, 6.45) is 1.60. The molecule has 4 rings (SSSR count). The number of fused-ring (bicyclic) bond motifs is 3. The van der Waals surface area contributed by atoms with Crippen molar-refractivity contribution in [1.29, 1.82) is 0 Å². The number of carbonyl (C=O) groups excluding carboxylic acids is 2. The van der Waals surface area contributed by atoms with Crippen molar-refractivity contribution >= 4 is 18.0 Å². The molecule has 0 aromatic heterocycles. The highest BCUT2D eigenvalue weighted by atomic mass is 16.5. The zero-order valence-corrected chi connectivity index (χ0v) is 18.8. The Morgan fingerprint density at radius 3 is 2.21 bits per heavy atom. The van der Waals surface area contributed by atoms with Gasteiger partial charge in [-0.3, -0.25) is 9.59 Å². The first-order valence-electron chi connectivity index (χ1n) is 11.5. The Morgan fingerprint density at radius 2 is 1.64 bits per heavy atom. The van der Waals surface area contributed by atoms with Crippen LogP contribution in [0.1, 0.15) is 49.7 Å². The number of hydrogen-bond donors (Lipinski definition) is 3. The van der Waals surface area contributed by atoms with Crippen LogP contribution in [-0.2, 0) is 14.3 Å². The molecule has 3 N–H and O–H groups in total. The number of benzene rings is 2. The molecule has 0 heterocycles. The summed E-state index contributed by atoms with van der Waals surface area (Å²) < 4.78 is 5.55. The lowest BCUT2D eigenvalue weighted by molar-refractivity contribution is -0.138. The number of nitrogens with one attached hydrogen (secondary N) is 2. The fourth-order valence-electron chi connectivity index (χ4n) is 4.55. The Bertz CT molecular complexity index is 1000. The summed E-state index contributed by atoms with van der Waals surface area (Å²) in [7, 11) is 0. The molecule has 1 saturated carbocycles. The van der Waals surface area contributed by atoms with Crippen LogP contribution in [0.3, 0.4) is 0 Å². The summed E-state index contributed by atoms with van der Waals surface area (Å²) in [5.41, 5.74) is 4.08. The second-order valence-electron chi connectivity index (χ2n) is 9.21. The summed E-state index contributed by atoms with van der Waals surface area (Å²) >= 11 is 0. The van der Waals surface area contributed by atoms with E-state index in [0.717, 1.165) is 11.1 Å². The van der Waals surface area contributed by atoms with E-state index in [-0.39, 0.29) is 37.3 Å². The van der Waals surface area contributed by atoms with E-state index in [1.807, 2.05) is 31.2 Å². The number of carbonyl (C=O) groups is 3. The number of carboxylic acids is 1. The van der Waals surface area contributed by atoms with Crippen molar-refractivity contribution in [1.82, 2.24) is 10.6 Å². The molecule has 2 aromatic carbocycles. The van der Waals surface area contributed by atoms with Gasteiger partial charge in [-0.1, -0.05) is 55.5 Å². The molecule has 33 heavy (non-hydrogen) atoms. The second-order valence-corrected chi connectivity index (χ2v) is 9.21. The minimum Gasteiger partial charge on any atom is -0.481 e. The molecule has 2 aliphatic carbocycles. The fraction of sp³-hybridized carbons (Fsp3) is 0.423. The van der Waals surface area contributed by atoms with E-state index in [1.165, 1.54) is 11.1 Å². The van der Waals surface area contributed by atoms with Crippen molar-refractivity contribution < 1.29 is 24.2 Å². The average Bonchev–Trinajstić information content (AvgIpc) is 3.53. The third-order valence-electron chi connectivity index (χ3n) is 6.70. The van der Waals surface area contributed by atoms with E-state index < -0.39 is 17.5 Å². The van der Waals surface area contributed by atoms with Gasteiger partial charge in [0, 0.05) is 25.4 Å². The molecule has 2 aliphatic rings. The Balaban J connectivity index is 1.25. The second kappa shape index (κ2) is 9.65. The fourth-order valence-corrected chi connectivity index (χ4v) is 4.55. The maximum absolute atomic E-state index is 12.6. The van der Waals surface area contributed by atoms with Gasteiger partial charge >= 0.3 is 12.1 Å². The molecule has 1 atom stereocenters. The van der Waals surface area contributed by atoms with Crippen LogP contribution in [0.25, 0.3) is 11.1 Å². The number of hydrogen-bond acceptors (Lipinski definition) is 4. The Kier molecular flexibility index (Phi) is 6.67. The first-order chi connectivity index (χ1) is 15.9. The number of ether oxygens (including phenoxy) is 1. The van der Waals surface area contributed by atoms with Gasteiger partial charge in [0.2, 0.25) is 5.91 Å². The van der Waals surface area contributed by atoms with Gasteiger partial charge in [-0.05, 0) is 47.4 Å². The molecule has 0 aliphatic heterocycles. The predicted molar refractivity (Wildman–Crippen MR) is 124 cm³/mol. The monoisotopic (exact) mass is 450 g/mol. The van der Waals surface area contributed by atoms with E-state index in [1.54, 1.807) is 0 Å². The molecule has 7 heteroatoms. The van der Waals surface area contributed by atoms with Gasteiger partial charge in [-0.15, -0.1) is 0 Å². The lowest BCUT2D eigenvalue weighted by Gasteiger charge is -2.18. The SMILES string of the molecule is CC(CCNC(=O)C1(CNC(=O)OCC2c3ccccc3-c3ccccc32)CC1)CC(=O)O. The van der Waals surface area contributed by atoms with Crippen LogP contribution >= 0.6 is 0 Å². The van der Waals surface area contributed by atoms with Crippen LogP contribution in [0, 0.1) is 11.3 Å². The van der Waals surface area contributed by atoms with Crippen molar-refractivity contribution in [3.63, 3.8) is 0 Å².